The van der Waals surface area contributed by atoms with Crippen LogP contribution in [0.25, 0.3) is 0 Å². The second-order valence-corrected chi connectivity index (χ2v) is 8.96. The summed E-state index contributed by atoms with van der Waals surface area (Å²) in [6.45, 7) is 2.41. The second-order valence-electron chi connectivity index (χ2n) is 7.28. The zero-order valence-electron chi connectivity index (χ0n) is 17.3. The number of nitrogens with one attached hydrogen (secondary N) is 3. The van der Waals surface area contributed by atoms with E-state index in [1.54, 1.807) is 13.0 Å². The molecule has 1 aliphatic rings. The smallest absolute Gasteiger partial charge is 0.264 e. The third-order valence-corrected chi connectivity index (χ3v) is 6.13. The van der Waals surface area contributed by atoms with Crippen LogP contribution < -0.4 is 15.4 Å². The van der Waals surface area contributed by atoms with Crippen LogP contribution in [0.2, 0.25) is 0 Å². The maximum absolute atomic E-state index is 12.6. The molecule has 0 spiro atoms. The lowest BCUT2D eigenvalue weighted by Gasteiger charge is -2.43. The molecular formula is C19H25N5O7S. The molecule has 174 valence electrons. The average Bonchev–Trinajstić information content (AvgIpc) is 2.73. The molecule has 1 aromatic carbocycles. The van der Waals surface area contributed by atoms with Crippen molar-refractivity contribution in [2.24, 2.45) is 0 Å². The Balaban J connectivity index is 1.76. The number of benzene rings is 1. The molecule has 5 atom stereocenters. The number of sulfonamides is 1. The summed E-state index contributed by atoms with van der Waals surface area (Å²) >= 11 is 0. The van der Waals surface area contributed by atoms with Crippen LogP contribution in [0.1, 0.15) is 12.6 Å². The van der Waals surface area contributed by atoms with Gasteiger partial charge in [0.05, 0.1) is 11.5 Å². The molecule has 1 saturated heterocycles. The molecular weight excluding hydrogens is 442 g/mol. The monoisotopic (exact) mass is 467 g/mol. The van der Waals surface area contributed by atoms with Gasteiger partial charge in [0.15, 0.2) is 6.23 Å². The van der Waals surface area contributed by atoms with Gasteiger partial charge in [-0.15, -0.1) is 0 Å². The van der Waals surface area contributed by atoms with Crippen molar-refractivity contribution in [3.05, 3.63) is 42.2 Å². The molecule has 1 aliphatic heterocycles. The molecule has 2 aromatic rings. The number of hydrogen-bond donors (Lipinski definition) is 6. The fourth-order valence-electron chi connectivity index (χ4n) is 3.21. The Hall–Kier alpha value is -2.84. The Kier molecular flexibility index (Phi) is 7.26. The van der Waals surface area contributed by atoms with E-state index in [4.69, 9.17) is 4.74 Å². The lowest BCUT2D eigenvalue weighted by molar-refractivity contribution is -0.188. The highest BCUT2D eigenvalue weighted by atomic mass is 32.2. The van der Waals surface area contributed by atoms with Crippen LogP contribution in [0.5, 0.6) is 0 Å². The van der Waals surface area contributed by atoms with Gasteiger partial charge in [0, 0.05) is 24.5 Å². The van der Waals surface area contributed by atoms with Gasteiger partial charge in [-0.2, -0.15) is 0 Å². The van der Waals surface area contributed by atoms with Crippen LogP contribution in [0.3, 0.4) is 0 Å². The number of hydrogen-bond acceptors (Lipinski definition) is 10. The lowest BCUT2D eigenvalue weighted by atomic mass is 9.96. The van der Waals surface area contributed by atoms with Gasteiger partial charge in [0.2, 0.25) is 11.9 Å². The first kappa shape index (κ1) is 23.8. The topological polar surface area (TPSA) is 183 Å². The van der Waals surface area contributed by atoms with Crippen molar-refractivity contribution in [3.8, 4) is 0 Å². The SMILES string of the molecule is CC(=O)N[C@@H]1[C@H](O)[C@H](O)[C@H](CO)O[C@@H]1Nc1ccc(S(=O)(=O)Nc2nccc(C)n2)cc1. The predicted octanol–water partition coefficient (Wildman–Crippen LogP) is -1.06. The number of aliphatic hydroxyl groups is 3. The molecule has 6 N–H and O–H groups in total. The van der Waals surface area contributed by atoms with Gasteiger partial charge < -0.3 is 30.7 Å². The molecule has 1 fully saturated rings. The molecule has 2 heterocycles. The maximum atomic E-state index is 12.6. The second kappa shape index (κ2) is 9.75. The summed E-state index contributed by atoms with van der Waals surface area (Å²) in [4.78, 5) is 19.4. The average molecular weight is 468 g/mol. The van der Waals surface area contributed by atoms with E-state index < -0.39 is 53.1 Å². The minimum Gasteiger partial charge on any atom is -0.394 e. The van der Waals surface area contributed by atoms with Gasteiger partial charge in [0.25, 0.3) is 10.0 Å². The van der Waals surface area contributed by atoms with E-state index in [2.05, 4.69) is 25.3 Å². The molecule has 0 radical (unpaired) electrons. The van der Waals surface area contributed by atoms with Crippen molar-refractivity contribution in [3.63, 3.8) is 0 Å². The summed E-state index contributed by atoms with van der Waals surface area (Å²) in [7, 11) is -3.93. The van der Waals surface area contributed by atoms with Crippen molar-refractivity contribution in [2.75, 3.05) is 16.6 Å². The highest BCUT2D eigenvalue weighted by Gasteiger charge is 2.44. The summed E-state index contributed by atoms with van der Waals surface area (Å²) in [6.07, 6.45) is -3.45. The minimum atomic E-state index is -3.93. The zero-order valence-corrected chi connectivity index (χ0v) is 18.2. The highest BCUT2D eigenvalue weighted by molar-refractivity contribution is 7.92. The highest BCUT2D eigenvalue weighted by Crippen LogP contribution is 2.24. The fraction of sp³-hybridized carbons (Fsp3) is 0.421. The van der Waals surface area contributed by atoms with Crippen LogP contribution in [0.4, 0.5) is 11.6 Å². The Morgan fingerprint density at radius 2 is 1.84 bits per heavy atom. The first-order valence-electron chi connectivity index (χ1n) is 9.69. The number of aromatic nitrogens is 2. The Bertz CT molecular complexity index is 1050. The number of rotatable bonds is 7. The summed E-state index contributed by atoms with van der Waals surface area (Å²) in [6, 6.07) is 6.22. The number of aliphatic hydroxyl groups excluding tert-OH is 3. The Morgan fingerprint density at radius 1 is 1.16 bits per heavy atom. The van der Waals surface area contributed by atoms with E-state index in [1.165, 1.54) is 37.4 Å². The number of aryl methyl sites for hydroxylation is 1. The molecule has 0 unspecified atom stereocenters. The number of nitrogens with zero attached hydrogens (tertiary/aromatic N) is 2. The van der Waals surface area contributed by atoms with Crippen molar-refractivity contribution >= 4 is 27.6 Å². The van der Waals surface area contributed by atoms with Crippen LogP contribution in [-0.4, -0.2) is 76.8 Å². The molecule has 0 saturated carbocycles. The van der Waals surface area contributed by atoms with E-state index in [1.807, 2.05) is 0 Å². The largest absolute Gasteiger partial charge is 0.394 e. The number of carbonyl (C=O) groups is 1. The summed E-state index contributed by atoms with van der Waals surface area (Å²) in [5.41, 5.74) is 1.02. The van der Waals surface area contributed by atoms with Crippen molar-refractivity contribution in [2.45, 2.75) is 49.3 Å². The van der Waals surface area contributed by atoms with E-state index in [0.29, 0.717) is 11.4 Å². The van der Waals surface area contributed by atoms with E-state index >= 15 is 0 Å². The molecule has 13 heteroatoms. The quantitative estimate of drug-likeness (QED) is 0.293. The standard InChI is InChI=1S/C19H25N5O7S/c1-10-7-8-20-19(21-10)24-32(29,30)13-5-3-12(4-6-13)23-18-15(22-11(2)26)17(28)16(27)14(9-25)31-18/h3-8,14-18,23,25,27-28H,9H2,1-2H3,(H,22,26)(H,20,21,24)/t14-,15+,16+,17-,18-/m0/s1. The molecule has 1 aromatic heterocycles. The van der Waals surface area contributed by atoms with Crippen molar-refractivity contribution < 1.29 is 33.3 Å². The maximum Gasteiger partial charge on any atom is 0.264 e. The molecule has 0 aliphatic carbocycles. The third-order valence-electron chi connectivity index (χ3n) is 4.79. The fourth-order valence-corrected chi connectivity index (χ4v) is 4.16. The predicted molar refractivity (Wildman–Crippen MR) is 113 cm³/mol. The zero-order chi connectivity index (χ0) is 23.5. The van der Waals surface area contributed by atoms with E-state index in [0.717, 1.165) is 0 Å². The van der Waals surface area contributed by atoms with E-state index in [-0.39, 0.29) is 10.8 Å². The van der Waals surface area contributed by atoms with Gasteiger partial charge in [-0.1, -0.05) is 0 Å². The lowest BCUT2D eigenvalue weighted by Crippen LogP contribution is -2.65. The van der Waals surface area contributed by atoms with E-state index in [9.17, 15) is 28.5 Å². The van der Waals surface area contributed by atoms with Crippen LogP contribution in [0.15, 0.2) is 41.4 Å². The van der Waals surface area contributed by atoms with Crippen LogP contribution >= 0.6 is 0 Å². The molecule has 32 heavy (non-hydrogen) atoms. The van der Waals surface area contributed by atoms with Gasteiger partial charge >= 0.3 is 0 Å². The number of carbonyl (C=O) groups excluding carboxylic acids is 1. The Morgan fingerprint density at radius 3 is 2.44 bits per heavy atom. The van der Waals surface area contributed by atoms with Crippen molar-refractivity contribution in [1.29, 1.82) is 0 Å². The van der Waals surface area contributed by atoms with Gasteiger partial charge in [-0.3, -0.25) is 4.79 Å². The van der Waals surface area contributed by atoms with Crippen LogP contribution in [0, 0.1) is 6.92 Å². The normalized spacial score (nSPS) is 25.7. The first-order chi connectivity index (χ1) is 15.1. The minimum absolute atomic E-state index is 0.0418. The molecule has 1 amide bonds. The number of anilines is 2. The number of amides is 1. The number of ether oxygens (including phenoxy) is 1. The van der Waals surface area contributed by atoms with Gasteiger partial charge in [0.1, 0.15) is 24.4 Å². The summed E-state index contributed by atoms with van der Waals surface area (Å²) in [5, 5.41) is 35.3. The molecule has 12 nitrogen and oxygen atoms in total. The first-order valence-corrected chi connectivity index (χ1v) is 11.2. The molecule has 3 rings (SSSR count). The van der Waals surface area contributed by atoms with Gasteiger partial charge in [-0.05, 0) is 37.3 Å². The molecule has 0 bridgehead atoms. The van der Waals surface area contributed by atoms with Gasteiger partial charge in [-0.25, -0.2) is 23.1 Å². The van der Waals surface area contributed by atoms with Crippen LogP contribution in [-0.2, 0) is 19.6 Å². The van der Waals surface area contributed by atoms with Crippen molar-refractivity contribution in [1.82, 2.24) is 15.3 Å². The Labute approximate surface area is 184 Å². The summed E-state index contributed by atoms with van der Waals surface area (Å²) in [5.74, 6) is -0.506. The summed E-state index contributed by atoms with van der Waals surface area (Å²) < 4.78 is 33.0. The third kappa shape index (κ3) is 5.49.